The highest BCUT2D eigenvalue weighted by molar-refractivity contribution is 5.92. The fraction of sp³-hybridized carbons (Fsp3) is 0.588. The number of nitrogens with one attached hydrogen (secondary N) is 2. The van der Waals surface area contributed by atoms with Crippen molar-refractivity contribution < 1.29 is 23.1 Å². The molecule has 1 rings (SSSR count). The number of hydrogen-bond acceptors (Lipinski definition) is 3. The Morgan fingerprint density at radius 2 is 1.79 bits per heavy atom. The lowest BCUT2D eigenvalue weighted by atomic mass is 9.97. The third-order valence-corrected chi connectivity index (χ3v) is 4.09. The van der Waals surface area contributed by atoms with Gasteiger partial charge < -0.3 is 15.7 Å². The van der Waals surface area contributed by atoms with Gasteiger partial charge in [-0.05, 0) is 31.9 Å². The molecule has 24 heavy (non-hydrogen) atoms. The van der Waals surface area contributed by atoms with Crippen LogP contribution in [0.25, 0.3) is 0 Å². The molecule has 0 aliphatic rings. The summed E-state index contributed by atoms with van der Waals surface area (Å²) in [5, 5.41) is 15.6. The van der Waals surface area contributed by atoms with Gasteiger partial charge in [0.05, 0.1) is 16.9 Å². The van der Waals surface area contributed by atoms with Gasteiger partial charge in [-0.2, -0.15) is 13.2 Å². The number of rotatable bonds is 8. The summed E-state index contributed by atoms with van der Waals surface area (Å²) in [6.07, 6.45) is -3.36. The minimum atomic E-state index is -4.52. The van der Waals surface area contributed by atoms with Gasteiger partial charge in [-0.1, -0.05) is 26.0 Å². The molecule has 0 heterocycles. The van der Waals surface area contributed by atoms with Crippen molar-refractivity contribution in [3.63, 3.8) is 0 Å². The van der Waals surface area contributed by atoms with E-state index in [1.807, 2.05) is 13.8 Å². The highest BCUT2D eigenvalue weighted by atomic mass is 19.4. The first-order valence-electron chi connectivity index (χ1n) is 8.03. The summed E-state index contributed by atoms with van der Waals surface area (Å²) < 4.78 is 38.7. The van der Waals surface area contributed by atoms with Gasteiger partial charge in [-0.3, -0.25) is 4.79 Å². The van der Waals surface area contributed by atoms with Gasteiger partial charge in [-0.15, -0.1) is 0 Å². The van der Waals surface area contributed by atoms with Crippen molar-refractivity contribution in [2.24, 2.45) is 0 Å². The maximum atomic E-state index is 12.9. The Kier molecular flexibility index (Phi) is 7.23. The van der Waals surface area contributed by atoms with Gasteiger partial charge in [0.2, 0.25) is 5.91 Å². The van der Waals surface area contributed by atoms with Crippen molar-refractivity contribution >= 4 is 11.6 Å². The number of halogens is 3. The quantitative estimate of drug-likeness (QED) is 0.674. The summed E-state index contributed by atoms with van der Waals surface area (Å²) in [6, 6.07) is 4.60. The van der Waals surface area contributed by atoms with Crippen molar-refractivity contribution in [3.8, 4) is 0 Å². The Hall–Kier alpha value is -1.60. The lowest BCUT2D eigenvalue weighted by Gasteiger charge is -2.27. The molecular formula is C17H25F3N2O2. The number of alkyl halides is 3. The van der Waals surface area contributed by atoms with Crippen LogP contribution in [0.15, 0.2) is 24.3 Å². The van der Waals surface area contributed by atoms with Crippen LogP contribution in [-0.4, -0.2) is 29.2 Å². The van der Waals surface area contributed by atoms with Crippen LogP contribution < -0.4 is 10.6 Å². The van der Waals surface area contributed by atoms with Gasteiger partial charge in [0.25, 0.3) is 0 Å². The van der Waals surface area contributed by atoms with E-state index in [0.29, 0.717) is 19.4 Å². The number of aliphatic hydroxyl groups is 1. The molecule has 0 radical (unpaired) electrons. The fourth-order valence-corrected chi connectivity index (χ4v) is 2.26. The topological polar surface area (TPSA) is 61.4 Å². The first kappa shape index (κ1) is 20.4. The molecule has 0 bridgehead atoms. The average Bonchev–Trinajstić information content (AvgIpc) is 2.52. The van der Waals surface area contributed by atoms with Gasteiger partial charge >= 0.3 is 6.18 Å². The molecule has 1 aromatic rings. The van der Waals surface area contributed by atoms with Crippen LogP contribution in [0.4, 0.5) is 18.9 Å². The van der Waals surface area contributed by atoms with Gasteiger partial charge in [-0.25, -0.2) is 0 Å². The van der Waals surface area contributed by atoms with E-state index in [2.05, 4.69) is 10.6 Å². The third-order valence-electron chi connectivity index (χ3n) is 4.09. The van der Waals surface area contributed by atoms with E-state index in [-0.39, 0.29) is 18.2 Å². The summed E-state index contributed by atoms with van der Waals surface area (Å²) >= 11 is 0. The minimum Gasteiger partial charge on any atom is -0.389 e. The van der Waals surface area contributed by atoms with Crippen molar-refractivity contribution in [2.75, 3.05) is 11.9 Å². The maximum absolute atomic E-state index is 12.9. The molecule has 0 spiro atoms. The average molecular weight is 346 g/mol. The van der Waals surface area contributed by atoms with E-state index in [0.717, 1.165) is 6.07 Å². The van der Waals surface area contributed by atoms with Crippen LogP contribution in [0.1, 0.15) is 45.6 Å². The molecule has 0 saturated heterocycles. The van der Waals surface area contributed by atoms with Crippen LogP contribution >= 0.6 is 0 Å². The van der Waals surface area contributed by atoms with E-state index >= 15 is 0 Å². The molecule has 1 unspecified atom stereocenters. The molecule has 1 atom stereocenters. The number of para-hydroxylation sites is 1. The Morgan fingerprint density at radius 1 is 1.21 bits per heavy atom. The molecule has 1 aromatic carbocycles. The van der Waals surface area contributed by atoms with Crippen LogP contribution in [0.3, 0.4) is 0 Å². The van der Waals surface area contributed by atoms with Gasteiger partial charge in [0.1, 0.15) is 0 Å². The molecule has 0 fully saturated rings. The largest absolute Gasteiger partial charge is 0.418 e. The van der Waals surface area contributed by atoms with Gasteiger partial charge in [0.15, 0.2) is 0 Å². The zero-order valence-electron chi connectivity index (χ0n) is 14.2. The van der Waals surface area contributed by atoms with E-state index in [1.165, 1.54) is 18.2 Å². The number of hydrogen-bond donors (Lipinski definition) is 3. The number of anilines is 1. The molecule has 0 saturated carbocycles. The fourth-order valence-electron chi connectivity index (χ4n) is 2.26. The van der Waals surface area contributed by atoms with E-state index in [9.17, 15) is 23.1 Å². The second-order valence-electron chi connectivity index (χ2n) is 6.01. The zero-order chi connectivity index (χ0) is 18.4. The molecule has 3 N–H and O–H groups in total. The van der Waals surface area contributed by atoms with Crippen LogP contribution in [0, 0.1) is 0 Å². The number of carbonyl (C=O) groups is 1. The normalized spacial score (nSPS) is 13.6. The number of carbonyl (C=O) groups excluding carboxylic acids is 1. The van der Waals surface area contributed by atoms with Crippen molar-refractivity contribution in [3.05, 3.63) is 29.8 Å². The van der Waals surface area contributed by atoms with E-state index in [1.54, 1.807) is 6.92 Å². The Morgan fingerprint density at radius 3 is 2.33 bits per heavy atom. The SMILES string of the molecule is CCC(O)(CC)CNC(C)CC(=O)Nc1ccccc1C(F)(F)F. The molecule has 0 aliphatic heterocycles. The van der Waals surface area contributed by atoms with Crippen LogP contribution in [0.2, 0.25) is 0 Å². The summed E-state index contributed by atoms with van der Waals surface area (Å²) in [6.45, 7) is 5.82. The standard InChI is InChI=1S/C17H25F3N2O2/c1-4-16(24,5-2)11-21-12(3)10-15(23)22-14-9-7-6-8-13(14)17(18,19)20/h6-9,12,21,24H,4-5,10-11H2,1-3H3,(H,22,23). The summed E-state index contributed by atoms with van der Waals surface area (Å²) in [7, 11) is 0. The third kappa shape index (κ3) is 6.13. The number of benzene rings is 1. The van der Waals surface area contributed by atoms with Crippen molar-refractivity contribution in [1.29, 1.82) is 0 Å². The Balaban J connectivity index is 2.61. The highest BCUT2D eigenvalue weighted by Crippen LogP contribution is 2.34. The first-order chi connectivity index (χ1) is 11.1. The van der Waals surface area contributed by atoms with Crippen molar-refractivity contribution in [1.82, 2.24) is 5.32 Å². The Labute approximate surface area is 140 Å². The van der Waals surface area contributed by atoms with Gasteiger partial charge in [0, 0.05) is 19.0 Å². The molecule has 0 aromatic heterocycles. The molecule has 7 heteroatoms. The monoisotopic (exact) mass is 346 g/mol. The maximum Gasteiger partial charge on any atom is 0.418 e. The molecule has 0 aliphatic carbocycles. The predicted octanol–water partition coefficient (Wildman–Crippen LogP) is 3.56. The second-order valence-corrected chi connectivity index (χ2v) is 6.01. The first-order valence-corrected chi connectivity index (χ1v) is 8.03. The molecule has 1 amide bonds. The van der Waals surface area contributed by atoms with Crippen LogP contribution in [-0.2, 0) is 11.0 Å². The second kappa shape index (κ2) is 8.48. The minimum absolute atomic E-state index is 0.00962. The smallest absolute Gasteiger partial charge is 0.389 e. The zero-order valence-corrected chi connectivity index (χ0v) is 14.2. The van der Waals surface area contributed by atoms with Crippen LogP contribution in [0.5, 0.6) is 0 Å². The lowest BCUT2D eigenvalue weighted by molar-refractivity contribution is -0.137. The number of amides is 1. The van der Waals surface area contributed by atoms with Crippen molar-refractivity contribution in [2.45, 2.75) is 57.9 Å². The predicted molar refractivity (Wildman–Crippen MR) is 87.7 cm³/mol. The molecule has 4 nitrogen and oxygen atoms in total. The Bertz CT molecular complexity index is 543. The summed E-state index contributed by atoms with van der Waals surface area (Å²) in [5.41, 5.74) is -1.96. The van der Waals surface area contributed by atoms with E-state index in [4.69, 9.17) is 0 Å². The van der Waals surface area contributed by atoms with E-state index < -0.39 is 23.2 Å². The molecular weight excluding hydrogens is 321 g/mol. The molecule has 136 valence electrons. The highest BCUT2D eigenvalue weighted by Gasteiger charge is 2.33. The summed E-state index contributed by atoms with van der Waals surface area (Å²) in [4.78, 5) is 12.0. The summed E-state index contributed by atoms with van der Waals surface area (Å²) in [5.74, 6) is -0.511. The lowest BCUT2D eigenvalue weighted by Crippen LogP contribution is -2.43.